The molecule has 0 heterocycles. The van der Waals surface area contributed by atoms with Crippen LogP contribution >= 0.6 is 23.5 Å². The molecule has 19 heavy (non-hydrogen) atoms. The van der Waals surface area contributed by atoms with Crippen LogP contribution in [-0.4, -0.2) is 42.4 Å². The molecule has 1 rings (SSSR count). The van der Waals surface area contributed by atoms with E-state index < -0.39 is 0 Å². The van der Waals surface area contributed by atoms with Crippen molar-refractivity contribution in [2.45, 2.75) is 17.9 Å². The highest BCUT2D eigenvalue weighted by molar-refractivity contribution is 7.98. The molecule has 0 saturated carbocycles. The van der Waals surface area contributed by atoms with Crippen molar-refractivity contribution < 1.29 is 5.21 Å². The van der Waals surface area contributed by atoms with Gasteiger partial charge in [-0.2, -0.15) is 11.8 Å². The van der Waals surface area contributed by atoms with E-state index in [9.17, 15) is 0 Å². The number of nitrogens with two attached hydrogens (primary N) is 1. The molecule has 1 aromatic rings. The lowest BCUT2D eigenvalue weighted by molar-refractivity contribution is 0.318. The topological polar surface area (TPSA) is 61.8 Å². The summed E-state index contributed by atoms with van der Waals surface area (Å²) in [5.41, 5.74) is 7.63. The van der Waals surface area contributed by atoms with Crippen LogP contribution in [0.15, 0.2) is 28.3 Å². The number of rotatable bonds is 6. The second kappa shape index (κ2) is 7.55. The highest BCUT2D eigenvalue weighted by Crippen LogP contribution is 2.30. The molecule has 0 spiro atoms. The lowest BCUT2D eigenvalue weighted by Crippen LogP contribution is -2.33. The number of anilines is 1. The summed E-state index contributed by atoms with van der Waals surface area (Å²) in [6.45, 7) is 2.17. The Labute approximate surface area is 123 Å². The third-order valence-corrected chi connectivity index (χ3v) is 4.63. The van der Waals surface area contributed by atoms with Gasteiger partial charge in [-0.15, -0.1) is 11.8 Å². The van der Waals surface area contributed by atoms with Gasteiger partial charge < -0.3 is 15.8 Å². The number of benzene rings is 1. The van der Waals surface area contributed by atoms with Gasteiger partial charge >= 0.3 is 0 Å². The summed E-state index contributed by atoms with van der Waals surface area (Å²) in [5.74, 6) is 1.18. The Morgan fingerprint density at radius 2 is 2.16 bits per heavy atom. The van der Waals surface area contributed by atoms with Crippen LogP contribution in [0.25, 0.3) is 0 Å². The number of hydrogen-bond acceptors (Lipinski definition) is 5. The summed E-state index contributed by atoms with van der Waals surface area (Å²) in [6, 6.07) is 6.35. The van der Waals surface area contributed by atoms with Crippen molar-refractivity contribution >= 4 is 35.0 Å². The first-order valence-electron chi connectivity index (χ1n) is 5.93. The zero-order chi connectivity index (χ0) is 14.4. The number of amidine groups is 1. The Hall–Kier alpha value is -1.01. The monoisotopic (exact) mass is 299 g/mol. The standard InChI is InChI=1S/C13H21N3OS2/c1-9(8-18-3)16(2)10-6-5-7-11(19-4)12(10)13(14)15-17/h5-7,9,17H,8H2,1-4H3,(H2,14,15). The Balaban J connectivity index is 3.26. The second-order valence-corrected chi connectivity index (χ2v) is 6.01. The highest BCUT2D eigenvalue weighted by Gasteiger charge is 2.18. The molecule has 0 amide bonds. The van der Waals surface area contributed by atoms with Gasteiger partial charge in [-0.3, -0.25) is 0 Å². The molecular formula is C13H21N3OS2. The van der Waals surface area contributed by atoms with Gasteiger partial charge in [0.2, 0.25) is 0 Å². The predicted octanol–water partition coefficient (Wildman–Crippen LogP) is 2.69. The third kappa shape index (κ3) is 3.73. The van der Waals surface area contributed by atoms with E-state index in [0.29, 0.717) is 6.04 Å². The molecule has 106 valence electrons. The number of thioether (sulfide) groups is 2. The van der Waals surface area contributed by atoms with Gasteiger partial charge in [-0.05, 0) is 31.6 Å². The van der Waals surface area contributed by atoms with Gasteiger partial charge in [0, 0.05) is 29.4 Å². The summed E-state index contributed by atoms with van der Waals surface area (Å²) >= 11 is 3.40. The molecule has 1 atom stereocenters. The molecule has 0 aromatic heterocycles. The summed E-state index contributed by atoms with van der Waals surface area (Å²) in [4.78, 5) is 3.18. The number of oxime groups is 1. The normalized spacial score (nSPS) is 13.4. The van der Waals surface area contributed by atoms with Crippen LogP contribution in [0.5, 0.6) is 0 Å². The van der Waals surface area contributed by atoms with E-state index >= 15 is 0 Å². The van der Waals surface area contributed by atoms with Gasteiger partial charge in [-0.25, -0.2) is 0 Å². The summed E-state index contributed by atoms with van der Waals surface area (Å²) < 4.78 is 0. The Morgan fingerprint density at radius 3 is 2.68 bits per heavy atom. The fourth-order valence-electron chi connectivity index (χ4n) is 1.88. The Kier molecular flexibility index (Phi) is 6.37. The molecule has 1 unspecified atom stereocenters. The first-order valence-corrected chi connectivity index (χ1v) is 8.55. The maximum atomic E-state index is 8.99. The molecule has 3 N–H and O–H groups in total. The quantitative estimate of drug-likeness (QED) is 0.278. The van der Waals surface area contributed by atoms with Gasteiger partial charge in [0.15, 0.2) is 5.84 Å². The van der Waals surface area contributed by atoms with E-state index in [2.05, 4.69) is 23.2 Å². The van der Waals surface area contributed by atoms with Crippen LogP contribution in [-0.2, 0) is 0 Å². The van der Waals surface area contributed by atoms with Crippen LogP contribution in [0.1, 0.15) is 12.5 Å². The Morgan fingerprint density at radius 1 is 1.47 bits per heavy atom. The average Bonchev–Trinajstić information content (AvgIpc) is 2.44. The number of nitrogens with zero attached hydrogens (tertiary/aromatic N) is 2. The van der Waals surface area contributed by atoms with E-state index in [4.69, 9.17) is 10.9 Å². The van der Waals surface area contributed by atoms with Crippen molar-refractivity contribution in [3.8, 4) is 0 Å². The SMILES string of the molecule is CSCC(C)N(C)c1cccc(SC)c1/C(N)=N/O. The fraction of sp³-hybridized carbons (Fsp3) is 0.462. The molecule has 0 aliphatic carbocycles. The summed E-state index contributed by atoms with van der Waals surface area (Å²) in [5, 5.41) is 12.2. The first kappa shape index (κ1) is 16.0. The van der Waals surface area contributed by atoms with Crippen molar-refractivity contribution in [2.75, 3.05) is 30.2 Å². The van der Waals surface area contributed by atoms with E-state index in [1.54, 1.807) is 23.5 Å². The maximum Gasteiger partial charge on any atom is 0.173 e. The summed E-state index contributed by atoms with van der Waals surface area (Å²) in [7, 11) is 2.04. The molecule has 4 nitrogen and oxygen atoms in total. The van der Waals surface area contributed by atoms with E-state index in [-0.39, 0.29) is 5.84 Å². The molecule has 0 bridgehead atoms. The van der Waals surface area contributed by atoms with Crippen molar-refractivity contribution in [3.63, 3.8) is 0 Å². The molecule has 0 radical (unpaired) electrons. The first-order chi connectivity index (χ1) is 9.06. The van der Waals surface area contributed by atoms with Crippen LogP contribution in [0.3, 0.4) is 0 Å². The molecule has 0 aliphatic rings. The summed E-state index contributed by atoms with van der Waals surface area (Å²) in [6.07, 6.45) is 4.08. The van der Waals surface area contributed by atoms with Crippen LogP contribution in [0.2, 0.25) is 0 Å². The van der Waals surface area contributed by atoms with E-state index in [1.165, 1.54) is 0 Å². The second-order valence-electron chi connectivity index (χ2n) is 4.25. The van der Waals surface area contributed by atoms with Crippen molar-refractivity contribution in [3.05, 3.63) is 23.8 Å². The zero-order valence-corrected chi connectivity index (χ0v) is 13.4. The van der Waals surface area contributed by atoms with E-state index in [0.717, 1.165) is 21.9 Å². The van der Waals surface area contributed by atoms with Gasteiger partial charge in [0.25, 0.3) is 0 Å². The molecule has 0 saturated heterocycles. The minimum Gasteiger partial charge on any atom is -0.409 e. The smallest absolute Gasteiger partial charge is 0.173 e. The molecule has 0 fully saturated rings. The lowest BCUT2D eigenvalue weighted by atomic mass is 10.1. The predicted molar refractivity (Wildman–Crippen MR) is 87.0 cm³/mol. The maximum absolute atomic E-state index is 8.99. The van der Waals surface area contributed by atoms with Crippen LogP contribution < -0.4 is 10.6 Å². The van der Waals surface area contributed by atoms with Crippen LogP contribution in [0.4, 0.5) is 5.69 Å². The number of hydrogen-bond donors (Lipinski definition) is 2. The average molecular weight is 299 g/mol. The minimum absolute atomic E-state index is 0.156. The third-order valence-electron chi connectivity index (χ3n) is 3.04. The largest absolute Gasteiger partial charge is 0.409 e. The highest BCUT2D eigenvalue weighted by atomic mass is 32.2. The van der Waals surface area contributed by atoms with Crippen molar-refractivity contribution in [1.82, 2.24) is 0 Å². The molecule has 0 aliphatic heterocycles. The van der Waals surface area contributed by atoms with Gasteiger partial charge in [0.1, 0.15) is 0 Å². The van der Waals surface area contributed by atoms with Crippen LogP contribution in [0, 0.1) is 0 Å². The Bertz CT molecular complexity index is 452. The molecule has 6 heteroatoms. The molecular weight excluding hydrogens is 278 g/mol. The van der Waals surface area contributed by atoms with E-state index in [1.807, 2.05) is 31.5 Å². The lowest BCUT2D eigenvalue weighted by Gasteiger charge is -2.29. The van der Waals surface area contributed by atoms with Gasteiger partial charge in [0.05, 0.1) is 5.56 Å². The van der Waals surface area contributed by atoms with Crippen molar-refractivity contribution in [2.24, 2.45) is 10.9 Å². The fourth-order valence-corrected chi connectivity index (χ4v) is 3.22. The van der Waals surface area contributed by atoms with Gasteiger partial charge in [-0.1, -0.05) is 11.2 Å². The molecule has 1 aromatic carbocycles. The van der Waals surface area contributed by atoms with Crippen molar-refractivity contribution in [1.29, 1.82) is 0 Å². The minimum atomic E-state index is 0.156. The zero-order valence-electron chi connectivity index (χ0n) is 11.8.